The van der Waals surface area contributed by atoms with Crippen LogP contribution in [0.15, 0.2) is 11.6 Å². The Balaban J connectivity index is 2.63. The van der Waals surface area contributed by atoms with E-state index >= 15 is 0 Å². The van der Waals surface area contributed by atoms with Gasteiger partial charge in [0.2, 0.25) is 0 Å². The minimum Gasteiger partial charge on any atom is -0.453 e. The lowest BCUT2D eigenvalue weighted by molar-refractivity contribution is -0.162. The largest absolute Gasteiger partial charge is 0.453 e. The summed E-state index contributed by atoms with van der Waals surface area (Å²) in [5, 5.41) is 0.165. The van der Waals surface area contributed by atoms with E-state index in [-0.39, 0.29) is 11.0 Å². The van der Waals surface area contributed by atoms with Gasteiger partial charge in [-0.15, -0.1) is 0 Å². The maximum absolute atomic E-state index is 12.2. The van der Waals surface area contributed by atoms with Crippen molar-refractivity contribution in [3.05, 3.63) is 11.6 Å². The number of carbonyl (C=O) groups excluding carboxylic acids is 1. The van der Waals surface area contributed by atoms with Crippen LogP contribution in [0.5, 0.6) is 0 Å². The monoisotopic (exact) mass is 382 g/mol. The zero-order valence-corrected chi connectivity index (χ0v) is 19.4. The Hall–Kier alpha value is -0.613. The van der Waals surface area contributed by atoms with E-state index in [0.29, 0.717) is 6.61 Å². The molecule has 0 aliphatic carbocycles. The molecule has 0 saturated heterocycles. The smallest absolute Gasteiger partial charge is 0.334 e. The Bertz CT molecular complexity index is 476. The third kappa shape index (κ3) is 7.19. The molecule has 0 aromatic carbocycles. The Kier molecular flexibility index (Phi) is 9.08. The first kappa shape index (κ1) is 23.4. The Labute approximate surface area is 163 Å². The van der Waals surface area contributed by atoms with Crippen molar-refractivity contribution in [3.63, 3.8) is 0 Å². The molecule has 0 aromatic rings. The van der Waals surface area contributed by atoms with Crippen LogP contribution in [0.2, 0.25) is 18.1 Å². The van der Waals surface area contributed by atoms with Gasteiger partial charge in [-0.25, -0.2) is 4.79 Å². The molecule has 0 N–H and O–H groups in total. The number of ether oxygens (including phenoxy) is 1. The van der Waals surface area contributed by atoms with Crippen LogP contribution in [0.25, 0.3) is 0 Å². The van der Waals surface area contributed by atoms with Crippen molar-refractivity contribution in [2.75, 3.05) is 6.61 Å². The first-order chi connectivity index (χ1) is 12.0. The van der Waals surface area contributed by atoms with Gasteiger partial charge in [0.15, 0.2) is 8.32 Å². The average Bonchev–Trinajstić information content (AvgIpc) is 2.55. The normalized spacial score (nSPS) is 21.5. The van der Waals surface area contributed by atoms with Crippen LogP contribution in [0, 0.1) is 0 Å². The lowest BCUT2D eigenvalue weighted by Crippen LogP contribution is -2.49. The van der Waals surface area contributed by atoms with Gasteiger partial charge in [-0.1, -0.05) is 72.3 Å². The zero-order chi connectivity index (χ0) is 19.8. The predicted octanol–water partition coefficient (Wildman–Crippen LogP) is 6.78. The van der Waals surface area contributed by atoms with E-state index in [2.05, 4.69) is 40.8 Å². The zero-order valence-electron chi connectivity index (χ0n) is 18.4. The van der Waals surface area contributed by atoms with E-state index in [9.17, 15) is 4.79 Å². The molecule has 0 amide bonds. The van der Waals surface area contributed by atoms with E-state index in [1.807, 2.05) is 13.0 Å². The Morgan fingerprint density at radius 3 is 2.23 bits per heavy atom. The standard InChI is InChI=1S/C22H42O3Si/c1-8-9-10-11-12-13-14-16-22(17-15-19(2)20(23)25-22)18-24-26(6,7)21(3,4)5/h15H,8-14,16-18H2,1-7H3/t22-/m0/s1. The number of esters is 1. The quantitative estimate of drug-likeness (QED) is 0.224. The van der Waals surface area contributed by atoms with Gasteiger partial charge in [0.05, 0.1) is 6.61 Å². The molecule has 4 heteroatoms. The minimum absolute atomic E-state index is 0.165. The molecule has 1 heterocycles. The Morgan fingerprint density at radius 1 is 1.12 bits per heavy atom. The van der Waals surface area contributed by atoms with Crippen molar-refractivity contribution in [1.29, 1.82) is 0 Å². The van der Waals surface area contributed by atoms with Gasteiger partial charge < -0.3 is 9.16 Å². The van der Waals surface area contributed by atoms with Crippen LogP contribution in [0.1, 0.15) is 92.4 Å². The van der Waals surface area contributed by atoms with Gasteiger partial charge in [-0.05, 0) is 37.9 Å². The van der Waals surface area contributed by atoms with Crippen molar-refractivity contribution in [1.82, 2.24) is 0 Å². The van der Waals surface area contributed by atoms with E-state index in [0.717, 1.165) is 24.8 Å². The number of carbonyl (C=O) groups is 1. The lowest BCUT2D eigenvalue weighted by Gasteiger charge is -2.42. The highest BCUT2D eigenvalue weighted by atomic mass is 28.4. The summed E-state index contributed by atoms with van der Waals surface area (Å²) in [7, 11) is -1.86. The van der Waals surface area contributed by atoms with Crippen molar-refractivity contribution in [2.24, 2.45) is 0 Å². The molecule has 0 aromatic heterocycles. The van der Waals surface area contributed by atoms with Gasteiger partial charge in [0.1, 0.15) is 5.60 Å². The molecular weight excluding hydrogens is 340 g/mol. The molecule has 1 aliphatic heterocycles. The second-order valence-electron chi connectivity index (χ2n) is 9.58. The van der Waals surface area contributed by atoms with E-state index < -0.39 is 13.9 Å². The molecule has 152 valence electrons. The molecule has 0 bridgehead atoms. The third-order valence-electron chi connectivity index (χ3n) is 6.15. The van der Waals surface area contributed by atoms with Gasteiger partial charge in [0.25, 0.3) is 0 Å². The summed E-state index contributed by atoms with van der Waals surface area (Å²) in [6.45, 7) is 15.9. The van der Waals surface area contributed by atoms with Crippen molar-refractivity contribution in [2.45, 2.75) is 116 Å². The van der Waals surface area contributed by atoms with Crippen LogP contribution in [0.3, 0.4) is 0 Å². The highest BCUT2D eigenvalue weighted by Gasteiger charge is 2.42. The molecule has 0 unspecified atom stereocenters. The van der Waals surface area contributed by atoms with Gasteiger partial charge in [0, 0.05) is 12.0 Å². The lowest BCUT2D eigenvalue weighted by atomic mass is 9.90. The molecular formula is C22H42O3Si. The highest BCUT2D eigenvalue weighted by Crippen LogP contribution is 2.39. The van der Waals surface area contributed by atoms with Crippen molar-refractivity contribution in [3.8, 4) is 0 Å². The maximum atomic E-state index is 12.2. The summed E-state index contributed by atoms with van der Waals surface area (Å²) in [6.07, 6.45) is 12.6. The molecule has 0 spiro atoms. The predicted molar refractivity (Wildman–Crippen MR) is 113 cm³/mol. The number of cyclic esters (lactones) is 1. The fourth-order valence-electron chi connectivity index (χ4n) is 2.99. The first-order valence-electron chi connectivity index (χ1n) is 10.6. The molecule has 0 fully saturated rings. The van der Waals surface area contributed by atoms with Gasteiger partial charge in [-0.2, -0.15) is 0 Å². The fourth-order valence-corrected chi connectivity index (χ4v) is 4.04. The SMILES string of the molecule is CCCCCCCCC[C@@]1(CO[Si](C)(C)C(C)(C)C)CC=C(C)C(=O)O1. The number of unbranched alkanes of at least 4 members (excludes halogenated alkanes) is 6. The van der Waals surface area contributed by atoms with Gasteiger partial charge >= 0.3 is 5.97 Å². The molecule has 0 radical (unpaired) electrons. The summed E-state index contributed by atoms with van der Waals surface area (Å²) in [5.74, 6) is -0.168. The van der Waals surface area contributed by atoms with Crippen molar-refractivity contribution < 1.29 is 14.0 Å². The third-order valence-corrected chi connectivity index (χ3v) is 10.6. The highest BCUT2D eigenvalue weighted by molar-refractivity contribution is 6.74. The number of rotatable bonds is 11. The Morgan fingerprint density at radius 2 is 1.69 bits per heavy atom. The van der Waals surface area contributed by atoms with E-state index in [4.69, 9.17) is 9.16 Å². The van der Waals surface area contributed by atoms with E-state index in [1.165, 1.54) is 38.5 Å². The fraction of sp³-hybridized carbons (Fsp3) is 0.864. The second kappa shape index (κ2) is 10.1. The summed E-state index contributed by atoms with van der Waals surface area (Å²) in [4.78, 5) is 12.2. The maximum Gasteiger partial charge on any atom is 0.334 e. The minimum atomic E-state index is -1.86. The van der Waals surface area contributed by atoms with E-state index in [1.54, 1.807) is 0 Å². The molecule has 1 rings (SSSR count). The topological polar surface area (TPSA) is 35.5 Å². The first-order valence-corrected chi connectivity index (χ1v) is 13.5. The van der Waals surface area contributed by atoms with Gasteiger partial charge in [-0.3, -0.25) is 0 Å². The van der Waals surface area contributed by atoms with Crippen LogP contribution < -0.4 is 0 Å². The summed E-state index contributed by atoms with van der Waals surface area (Å²) >= 11 is 0. The molecule has 0 saturated carbocycles. The molecule has 1 aliphatic rings. The molecule has 3 nitrogen and oxygen atoms in total. The van der Waals surface area contributed by atoms with Crippen LogP contribution in [-0.4, -0.2) is 26.5 Å². The average molecular weight is 383 g/mol. The van der Waals surface area contributed by atoms with Crippen LogP contribution in [-0.2, 0) is 14.0 Å². The van der Waals surface area contributed by atoms with Crippen LogP contribution in [0.4, 0.5) is 0 Å². The summed E-state index contributed by atoms with van der Waals surface area (Å²) < 4.78 is 12.4. The molecule has 1 atom stereocenters. The number of hydrogen-bond donors (Lipinski definition) is 0. The summed E-state index contributed by atoms with van der Waals surface area (Å²) in [6, 6.07) is 0. The molecule has 26 heavy (non-hydrogen) atoms. The second-order valence-corrected chi connectivity index (χ2v) is 14.4. The van der Waals surface area contributed by atoms with Crippen LogP contribution >= 0.6 is 0 Å². The number of hydrogen-bond acceptors (Lipinski definition) is 3. The van der Waals surface area contributed by atoms with Crippen molar-refractivity contribution >= 4 is 14.3 Å². The summed E-state index contributed by atoms with van der Waals surface area (Å²) in [5.41, 5.74) is 0.266.